The van der Waals surface area contributed by atoms with Crippen molar-refractivity contribution in [2.45, 2.75) is 0 Å². The molecule has 134 valence electrons. The van der Waals surface area contributed by atoms with E-state index in [2.05, 4.69) is 31.2 Å². The van der Waals surface area contributed by atoms with Crippen LogP contribution in [-0.4, -0.2) is 28.0 Å². The molecule has 3 rings (SSSR count). The van der Waals surface area contributed by atoms with Gasteiger partial charge in [0.05, 0.1) is 20.3 Å². The van der Waals surface area contributed by atoms with E-state index in [9.17, 15) is 14.5 Å². The molecule has 0 radical (unpaired) electrons. The average Bonchev–Trinajstić information content (AvgIpc) is 2.62. The third-order valence-electron chi connectivity index (χ3n) is 3.47. The van der Waals surface area contributed by atoms with Gasteiger partial charge in [0.15, 0.2) is 5.75 Å². The Balaban J connectivity index is 2.07. The number of aromatic nitrogens is 2. The Morgan fingerprint density at radius 1 is 1.31 bits per heavy atom. The van der Waals surface area contributed by atoms with Crippen LogP contribution in [0.5, 0.6) is 5.75 Å². The third-order valence-corrected chi connectivity index (χ3v) is 4.11. The largest absolute Gasteiger partial charge is 0.485 e. The minimum absolute atomic E-state index is 0.0762. The van der Waals surface area contributed by atoms with Crippen LogP contribution in [-0.2, 0) is 0 Å². The molecule has 2 aromatic carbocycles. The molecule has 0 aliphatic heterocycles. The van der Waals surface area contributed by atoms with Crippen molar-refractivity contribution < 1.29 is 14.1 Å². The van der Waals surface area contributed by atoms with Gasteiger partial charge in [0.1, 0.15) is 24.6 Å². The van der Waals surface area contributed by atoms with Gasteiger partial charge >= 0.3 is 5.69 Å². The van der Waals surface area contributed by atoms with Gasteiger partial charge in [-0.1, -0.05) is 0 Å². The van der Waals surface area contributed by atoms with Gasteiger partial charge in [0, 0.05) is 24.4 Å². The predicted octanol–water partition coefficient (Wildman–Crippen LogP) is 3.52. The number of rotatable bonds is 6. The summed E-state index contributed by atoms with van der Waals surface area (Å²) < 4.78 is 19.4. The van der Waals surface area contributed by atoms with Gasteiger partial charge in [-0.15, -0.1) is 0 Å². The monoisotopic (exact) mass is 421 g/mol. The van der Waals surface area contributed by atoms with Crippen LogP contribution in [0.4, 0.5) is 21.6 Å². The fourth-order valence-corrected chi connectivity index (χ4v) is 2.56. The fourth-order valence-electron chi connectivity index (χ4n) is 2.31. The summed E-state index contributed by atoms with van der Waals surface area (Å²) in [6, 6.07) is 7.25. The number of hydrogen-bond acceptors (Lipinski definition) is 7. The molecular formula is C16H13BrFN5O3. The first-order valence-electron chi connectivity index (χ1n) is 7.47. The lowest BCUT2D eigenvalue weighted by Crippen LogP contribution is -2.11. The van der Waals surface area contributed by atoms with E-state index < -0.39 is 10.7 Å². The number of nitrogens with zero attached hydrogens (tertiary/aromatic N) is 3. The highest BCUT2D eigenvalue weighted by Gasteiger charge is 2.19. The molecule has 26 heavy (non-hydrogen) atoms. The van der Waals surface area contributed by atoms with Crippen LogP contribution in [0.1, 0.15) is 0 Å². The quantitative estimate of drug-likeness (QED) is 0.461. The van der Waals surface area contributed by atoms with Gasteiger partial charge in [-0.05, 0) is 34.1 Å². The Labute approximate surface area is 155 Å². The van der Waals surface area contributed by atoms with Crippen LogP contribution in [0, 0.1) is 15.9 Å². The highest BCUT2D eigenvalue weighted by atomic mass is 79.9. The van der Waals surface area contributed by atoms with Gasteiger partial charge in [-0.25, -0.2) is 14.4 Å². The number of nitro groups is 1. The lowest BCUT2D eigenvalue weighted by Gasteiger charge is -2.11. The second-order valence-electron chi connectivity index (χ2n) is 5.21. The van der Waals surface area contributed by atoms with Gasteiger partial charge in [0.25, 0.3) is 0 Å². The van der Waals surface area contributed by atoms with Crippen molar-refractivity contribution in [3.05, 3.63) is 57.1 Å². The number of nitrogens with two attached hydrogens (primary N) is 1. The van der Waals surface area contributed by atoms with E-state index in [1.165, 1.54) is 24.5 Å². The molecule has 3 aromatic rings. The van der Waals surface area contributed by atoms with E-state index in [0.29, 0.717) is 26.9 Å². The summed E-state index contributed by atoms with van der Waals surface area (Å²) in [5.74, 6) is -0.0608. The maximum absolute atomic E-state index is 13.7. The summed E-state index contributed by atoms with van der Waals surface area (Å²) in [6.45, 7) is 0.363. The van der Waals surface area contributed by atoms with Crippen molar-refractivity contribution in [2.75, 3.05) is 18.5 Å². The minimum atomic E-state index is -0.554. The Kier molecular flexibility index (Phi) is 5.24. The topological polar surface area (TPSA) is 116 Å². The van der Waals surface area contributed by atoms with Crippen LogP contribution >= 0.6 is 15.9 Å². The molecule has 0 saturated carbocycles. The number of fused-ring (bicyclic) bond motifs is 1. The fraction of sp³-hybridized carbons (Fsp3) is 0.125. The Hall–Kier alpha value is -2.85. The average molecular weight is 422 g/mol. The zero-order valence-corrected chi connectivity index (χ0v) is 14.9. The molecule has 1 aromatic heterocycles. The Morgan fingerprint density at radius 3 is 2.81 bits per heavy atom. The first kappa shape index (κ1) is 18.0. The number of nitrogens with one attached hydrogen (secondary N) is 1. The molecule has 0 unspecified atom stereocenters. The van der Waals surface area contributed by atoms with Crippen LogP contribution in [0.2, 0.25) is 0 Å². The number of benzene rings is 2. The molecule has 0 saturated heterocycles. The van der Waals surface area contributed by atoms with E-state index in [0.717, 1.165) is 0 Å². The van der Waals surface area contributed by atoms with Crippen molar-refractivity contribution in [2.24, 2.45) is 5.73 Å². The first-order valence-corrected chi connectivity index (χ1v) is 8.27. The molecule has 8 nitrogen and oxygen atoms in total. The molecule has 3 N–H and O–H groups in total. The highest BCUT2D eigenvalue weighted by Crippen LogP contribution is 2.34. The SMILES string of the molecule is NCCOc1cc2ncnc(Nc3ccc(Br)c(F)c3)c2cc1[N+](=O)[O-]. The van der Waals surface area contributed by atoms with Gasteiger partial charge in [0.2, 0.25) is 0 Å². The van der Waals surface area contributed by atoms with Crippen molar-refractivity contribution in [1.82, 2.24) is 9.97 Å². The number of hydrogen-bond donors (Lipinski definition) is 2. The highest BCUT2D eigenvalue weighted by molar-refractivity contribution is 9.10. The van der Waals surface area contributed by atoms with E-state index in [1.54, 1.807) is 12.1 Å². The van der Waals surface area contributed by atoms with Gasteiger partial charge in [-0.2, -0.15) is 0 Å². The lowest BCUT2D eigenvalue weighted by molar-refractivity contribution is -0.385. The summed E-state index contributed by atoms with van der Waals surface area (Å²) in [5, 5.41) is 14.7. The maximum atomic E-state index is 13.7. The molecule has 0 atom stereocenters. The standard InChI is InChI=1S/C16H13BrFN5O3/c17-11-2-1-9(5-12(11)18)22-16-10-6-14(23(24)25)15(26-4-3-19)7-13(10)20-8-21-16/h1-2,5-8H,3-4,19H2,(H,20,21,22). The molecule has 0 aliphatic carbocycles. The summed E-state index contributed by atoms with van der Waals surface area (Å²) in [4.78, 5) is 19.0. The Morgan fingerprint density at radius 2 is 2.12 bits per heavy atom. The molecule has 0 amide bonds. The summed E-state index contributed by atoms with van der Waals surface area (Å²) in [6.07, 6.45) is 1.30. The molecule has 0 fully saturated rings. The van der Waals surface area contributed by atoms with Crippen LogP contribution in [0.15, 0.2) is 41.1 Å². The van der Waals surface area contributed by atoms with Crippen molar-refractivity contribution >= 4 is 44.0 Å². The van der Waals surface area contributed by atoms with E-state index >= 15 is 0 Å². The Bertz CT molecular complexity index is 986. The number of ether oxygens (including phenoxy) is 1. The smallest absolute Gasteiger partial charge is 0.311 e. The summed E-state index contributed by atoms with van der Waals surface area (Å²) in [7, 11) is 0. The zero-order valence-electron chi connectivity index (χ0n) is 13.3. The van der Waals surface area contributed by atoms with Crippen molar-refractivity contribution in [3.63, 3.8) is 0 Å². The van der Waals surface area contributed by atoms with Crippen LogP contribution in [0.25, 0.3) is 10.9 Å². The van der Waals surface area contributed by atoms with Crippen molar-refractivity contribution in [3.8, 4) is 5.75 Å². The number of halogens is 2. The lowest BCUT2D eigenvalue weighted by atomic mass is 10.2. The zero-order chi connectivity index (χ0) is 18.7. The molecular weight excluding hydrogens is 409 g/mol. The third kappa shape index (κ3) is 3.70. The summed E-state index contributed by atoms with van der Waals surface area (Å²) in [5.41, 5.74) is 6.04. The second kappa shape index (κ2) is 7.58. The summed E-state index contributed by atoms with van der Waals surface area (Å²) >= 11 is 3.08. The number of anilines is 2. The minimum Gasteiger partial charge on any atom is -0.485 e. The molecule has 0 aliphatic rings. The van der Waals surface area contributed by atoms with Crippen molar-refractivity contribution in [1.29, 1.82) is 0 Å². The number of nitro benzene ring substituents is 1. The van der Waals surface area contributed by atoms with E-state index in [1.807, 2.05) is 0 Å². The van der Waals surface area contributed by atoms with Gasteiger partial charge in [-0.3, -0.25) is 10.1 Å². The maximum Gasteiger partial charge on any atom is 0.311 e. The molecule has 1 heterocycles. The normalized spacial score (nSPS) is 10.7. The van der Waals surface area contributed by atoms with E-state index in [-0.39, 0.29) is 24.6 Å². The van der Waals surface area contributed by atoms with E-state index in [4.69, 9.17) is 10.5 Å². The molecule has 0 bridgehead atoms. The molecule has 0 spiro atoms. The van der Waals surface area contributed by atoms with Gasteiger partial charge < -0.3 is 15.8 Å². The van der Waals surface area contributed by atoms with Crippen LogP contribution < -0.4 is 15.8 Å². The molecule has 10 heteroatoms. The second-order valence-corrected chi connectivity index (χ2v) is 6.06. The first-order chi connectivity index (χ1) is 12.5. The predicted molar refractivity (Wildman–Crippen MR) is 98.1 cm³/mol. The van der Waals surface area contributed by atoms with Crippen LogP contribution in [0.3, 0.4) is 0 Å².